The molecule has 0 aliphatic heterocycles. The van der Waals surface area contributed by atoms with E-state index in [-0.39, 0.29) is 0 Å². The van der Waals surface area contributed by atoms with Crippen LogP contribution >= 0.6 is 0 Å². The molecule has 0 bridgehead atoms. The maximum Gasteiger partial charge on any atom is 0.135 e. The van der Waals surface area contributed by atoms with E-state index in [4.69, 9.17) is 0 Å². The summed E-state index contributed by atoms with van der Waals surface area (Å²) in [6, 6.07) is 10.3. The van der Waals surface area contributed by atoms with Gasteiger partial charge in [0.25, 0.3) is 0 Å². The van der Waals surface area contributed by atoms with Gasteiger partial charge in [0.15, 0.2) is 0 Å². The third-order valence-corrected chi connectivity index (χ3v) is 2.44. The van der Waals surface area contributed by atoms with Crippen molar-refractivity contribution in [3.05, 3.63) is 53.5 Å². The van der Waals surface area contributed by atoms with E-state index in [9.17, 15) is 0 Å². The van der Waals surface area contributed by atoms with Crippen LogP contribution < -0.4 is 5.32 Å². The number of hydrogen-bond acceptors (Lipinski definition) is 3. The highest BCUT2D eigenvalue weighted by Crippen LogP contribution is 2.09. The normalized spacial score (nSPS) is 10.1. The van der Waals surface area contributed by atoms with Crippen LogP contribution in [-0.4, -0.2) is 17.0 Å². The van der Waals surface area contributed by atoms with Crippen molar-refractivity contribution in [2.75, 3.05) is 12.4 Å². The molecule has 82 valence electrons. The molecular weight excluding hydrogens is 198 g/mol. The van der Waals surface area contributed by atoms with Gasteiger partial charge in [-0.15, -0.1) is 0 Å². The molecule has 1 N–H and O–H groups in total. The van der Waals surface area contributed by atoms with Crippen molar-refractivity contribution in [2.24, 2.45) is 0 Å². The molecule has 0 aliphatic carbocycles. The molecule has 0 atom stereocenters. The fourth-order valence-electron chi connectivity index (χ4n) is 1.51. The zero-order valence-electron chi connectivity index (χ0n) is 9.57. The Morgan fingerprint density at radius 3 is 2.56 bits per heavy atom. The van der Waals surface area contributed by atoms with E-state index in [1.807, 2.05) is 13.1 Å². The molecule has 1 heterocycles. The Bertz CT molecular complexity index is 463. The molecule has 0 spiro atoms. The van der Waals surface area contributed by atoms with E-state index in [1.165, 1.54) is 11.1 Å². The Labute approximate surface area is 95.6 Å². The first-order valence-electron chi connectivity index (χ1n) is 5.33. The summed E-state index contributed by atoms with van der Waals surface area (Å²) in [5.41, 5.74) is 2.51. The molecule has 16 heavy (non-hydrogen) atoms. The maximum atomic E-state index is 4.39. The summed E-state index contributed by atoms with van der Waals surface area (Å²) < 4.78 is 0. The number of hydrogen-bond donors (Lipinski definition) is 1. The summed E-state index contributed by atoms with van der Waals surface area (Å²) in [7, 11) is 1.86. The first kappa shape index (κ1) is 10.6. The SMILES string of the molecule is CNc1ccnc(Cc2ccc(C)cc2)n1. The smallest absolute Gasteiger partial charge is 0.135 e. The van der Waals surface area contributed by atoms with Crippen LogP contribution in [0.15, 0.2) is 36.5 Å². The second-order valence-corrected chi connectivity index (χ2v) is 3.77. The van der Waals surface area contributed by atoms with Gasteiger partial charge in [-0.05, 0) is 18.6 Å². The minimum absolute atomic E-state index is 0.774. The highest BCUT2D eigenvalue weighted by molar-refractivity contribution is 5.32. The zero-order valence-corrected chi connectivity index (χ0v) is 9.57. The van der Waals surface area contributed by atoms with Crippen LogP contribution in [0, 0.1) is 6.92 Å². The standard InChI is InChI=1S/C13H15N3/c1-10-3-5-11(6-4-10)9-13-15-8-7-12(14-2)16-13/h3-8H,9H2,1-2H3,(H,14,15,16). The number of aryl methyl sites for hydroxylation is 1. The predicted molar refractivity (Wildman–Crippen MR) is 65.6 cm³/mol. The number of nitrogens with zero attached hydrogens (tertiary/aromatic N) is 2. The van der Waals surface area contributed by atoms with Gasteiger partial charge < -0.3 is 5.32 Å². The van der Waals surface area contributed by atoms with Gasteiger partial charge in [0.1, 0.15) is 11.6 Å². The summed E-state index contributed by atoms with van der Waals surface area (Å²) in [5.74, 6) is 1.70. The third kappa shape index (κ3) is 2.57. The predicted octanol–water partition coefficient (Wildman–Crippen LogP) is 2.42. The summed E-state index contributed by atoms with van der Waals surface area (Å²) in [4.78, 5) is 8.64. The van der Waals surface area contributed by atoms with Gasteiger partial charge in [-0.2, -0.15) is 0 Å². The van der Waals surface area contributed by atoms with E-state index in [0.29, 0.717) is 0 Å². The minimum Gasteiger partial charge on any atom is -0.373 e. The van der Waals surface area contributed by atoms with Gasteiger partial charge in [-0.3, -0.25) is 0 Å². The van der Waals surface area contributed by atoms with Gasteiger partial charge >= 0.3 is 0 Å². The van der Waals surface area contributed by atoms with Crippen LogP contribution in [0.4, 0.5) is 5.82 Å². The number of benzene rings is 1. The maximum absolute atomic E-state index is 4.39. The zero-order chi connectivity index (χ0) is 11.4. The van der Waals surface area contributed by atoms with Crippen LogP contribution in [0.1, 0.15) is 17.0 Å². The molecular formula is C13H15N3. The van der Waals surface area contributed by atoms with Crippen LogP contribution in [0.25, 0.3) is 0 Å². The lowest BCUT2D eigenvalue weighted by Gasteiger charge is -2.03. The van der Waals surface area contributed by atoms with Crippen LogP contribution in [0.3, 0.4) is 0 Å². The van der Waals surface area contributed by atoms with E-state index in [2.05, 4.69) is 46.5 Å². The van der Waals surface area contributed by atoms with Crippen LogP contribution in [0.5, 0.6) is 0 Å². The summed E-state index contributed by atoms with van der Waals surface area (Å²) in [5, 5.41) is 3.01. The quantitative estimate of drug-likeness (QED) is 0.850. The van der Waals surface area contributed by atoms with Crippen molar-refractivity contribution in [2.45, 2.75) is 13.3 Å². The summed E-state index contributed by atoms with van der Waals surface area (Å²) in [6.45, 7) is 2.09. The van der Waals surface area contributed by atoms with Gasteiger partial charge in [0.2, 0.25) is 0 Å². The lowest BCUT2D eigenvalue weighted by molar-refractivity contribution is 0.969. The topological polar surface area (TPSA) is 37.8 Å². The van der Waals surface area contributed by atoms with Gasteiger partial charge in [0.05, 0.1) is 0 Å². The second-order valence-electron chi connectivity index (χ2n) is 3.77. The van der Waals surface area contributed by atoms with E-state index in [0.717, 1.165) is 18.1 Å². The van der Waals surface area contributed by atoms with Crippen molar-refractivity contribution in [1.82, 2.24) is 9.97 Å². The van der Waals surface area contributed by atoms with Crippen molar-refractivity contribution < 1.29 is 0 Å². The monoisotopic (exact) mass is 213 g/mol. The summed E-state index contributed by atoms with van der Waals surface area (Å²) >= 11 is 0. The average Bonchev–Trinajstić information content (AvgIpc) is 2.32. The third-order valence-electron chi connectivity index (χ3n) is 2.44. The molecule has 2 aromatic rings. The number of anilines is 1. The Morgan fingerprint density at radius 1 is 1.12 bits per heavy atom. The fourth-order valence-corrected chi connectivity index (χ4v) is 1.51. The largest absolute Gasteiger partial charge is 0.373 e. The molecule has 0 saturated carbocycles. The van der Waals surface area contributed by atoms with Gasteiger partial charge in [0, 0.05) is 19.7 Å². The number of nitrogens with one attached hydrogen (secondary N) is 1. The molecule has 2 rings (SSSR count). The Hall–Kier alpha value is -1.90. The molecule has 0 fully saturated rings. The fraction of sp³-hybridized carbons (Fsp3) is 0.231. The molecule has 1 aromatic carbocycles. The number of rotatable bonds is 3. The van der Waals surface area contributed by atoms with Crippen molar-refractivity contribution in [3.8, 4) is 0 Å². The van der Waals surface area contributed by atoms with Crippen molar-refractivity contribution in [3.63, 3.8) is 0 Å². The van der Waals surface area contributed by atoms with Crippen molar-refractivity contribution >= 4 is 5.82 Å². The Morgan fingerprint density at radius 2 is 1.88 bits per heavy atom. The van der Waals surface area contributed by atoms with E-state index >= 15 is 0 Å². The first-order valence-corrected chi connectivity index (χ1v) is 5.33. The number of aromatic nitrogens is 2. The van der Waals surface area contributed by atoms with E-state index < -0.39 is 0 Å². The molecule has 0 aliphatic rings. The Balaban J connectivity index is 2.16. The molecule has 0 saturated heterocycles. The molecule has 0 radical (unpaired) electrons. The highest BCUT2D eigenvalue weighted by Gasteiger charge is 2.00. The molecule has 0 amide bonds. The molecule has 1 aromatic heterocycles. The van der Waals surface area contributed by atoms with Crippen molar-refractivity contribution in [1.29, 1.82) is 0 Å². The van der Waals surface area contributed by atoms with Gasteiger partial charge in [-0.25, -0.2) is 9.97 Å². The second kappa shape index (κ2) is 4.75. The minimum atomic E-state index is 0.774. The first-order chi connectivity index (χ1) is 7.78. The summed E-state index contributed by atoms with van der Waals surface area (Å²) in [6.07, 6.45) is 2.55. The van der Waals surface area contributed by atoms with Crippen LogP contribution in [0.2, 0.25) is 0 Å². The average molecular weight is 213 g/mol. The molecule has 3 heteroatoms. The lowest BCUT2D eigenvalue weighted by atomic mass is 10.1. The van der Waals surface area contributed by atoms with Crippen LogP contribution in [-0.2, 0) is 6.42 Å². The highest BCUT2D eigenvalue weighted by atomic mass is 15.0. The van der Waals surface area contributed by atoms with E-state index in [1.54, 1.807) is 6.20 Å². The molecule has 3 nitrogen and oxygen atoms in total. The lowest BCUT2D eigenvalue weighted by Crippen LogP contribution is -2.00. The van der Waals surface area contributed by atoms with Gasteiger partial charge in [-0.1, -0.05) is 29.8 Å². The molecule has 0 unspecified atom stereocenters. The Kier molecular flexibility index (Phi) is 3.15.